The van der Waals surface area contributed by atoms with Gasteiger partial charge in [0.25, 0.3) is 5.91 Å². The fraction of sp³-hybridized carbons (Fsp3) is 0.462. The van der Waals surface area contributed by atoms with Crippen molar-refractivity contribution in [1.82, 2.24) is 10.6 Å². The van der Waals surface area contributed by atoms with Crippen LogP contribution in [0.15, 0.2) is 22.7 Å². The Labute approximate surface area is 115 Å². The molecule has 1 fully saturated rings. The van der Waals surface area contributed by atoms with Gasteiger partial charge in [-0.1, -0.05) is 0 Å². The highest BCUT2D eigenvalue weighted by Crippen LogP contribution is 2.25. The lowest BCUT2D eigenvalue weighted by molar-refractivity contribution is 0.0954. The summed E-state index contributed by atoms with van der Waals surface area (Å²) in [5.74, 6) is 0.665. The highest BCUT2D eigenvalue weighted by molar-refractivity contribution is 9.10. The highest BCUT2D eigenvalue weighted by atomic mass is 79.9. The molecule has 0 radical (unpaired) electrons. The monoisotopic (exact) mass is 312 g/mol. The summed E-state index contributed by atoms with van der Waals surface area (Å²) in [6.07, 6.45) is 2.53. The fourth-order valence-corrected chi connectivity index (χ4v) is 2.19. The van der Waals surface area contributed by atoms with Crippen LogP contribution in [0.2, 0.25) is 0 Å². The molecule has 0 aliphatic heterocycles. The maximum atomic E-state index is 11.9. The Kier molecular flexibility index (Phi) is 4.60. The van der Waals surface area contributed by atoms with E-state index >= 15 is 0 Å². The number of benzene rings is 1. The molecule has 0 spiro atoms. The Balaban J connectivity index is 1.81. The van der Waals surface area contributed by atoms with E-state index in [9.17, 15) is 4.79 Å². The Hall–Kier alpha value is -1.07. The van der Waals surface area contributed by atoms with Crippen molar-refractivity contribution in [1.29, 1.82) is 0 Å². The summed E-state index contributed by atoms with van der Waals surface area (Å²) in [4.78, 5) is 11.9. The van der Waals surface area contributed by atoms with E-state index in [-0.39, 0.29) is 5.91 Å². The van der Waals surface area contributed by atoms with E-state index in [2.05, 4.69) is 26.6 Å². The predicted octanol–water partition coefficient (Wildman–Crippen LogP) is 1.94. The fourth-order valence-electron chi connectivity index (χ4n) is 1.65. The maximum Gasteiger partial charge on any atom is 0.251 e. The van der Waals surface area contributed by atoms with Gasteiger partial charge in [-0.3, -0.25) is 4.79 Å². The topological polar surface area (TPSA) is 50.4 Å². The van der Waals surface area contributed by atoms with E-state index in [1.807, 2.05) is 0 Å². The van der Waals surface area contributed by atoms with Crippen molar-refractivity contribution >= 4 is 21.8 Å². The van der Waals surface area contributed by atoms with Crippen LogP contribution in [0.25, 0.3) is 0 Å². The number of halogens is 1. The lowest BCUT2D eigenvalue weighted by Crippen LogP contribution is -2.32. The molecule has 2 N–H and O–H groups in total. The van der Waals surface area contributed by atoms with Gasteiger partial charge in [0.1, 0.15) is 5.75 Å². The zero-order valence-electron chi connectivity index (χ0n) is 10.3. The summed E-state index contributed by atoms with van der Waals surface area (Å²) in [5.41, 5.74) is 0.633. The first-order valence-electron chi connectivity index (χ1n) is 6.06. The molecular weight excluding hydrogens is 296 g/mol. The lowest BCUT2D eigenvalue weighted by atomic mass is 10.2. The first-order chi connectivity index (χ1) is 8.70. The first kappa shape index (κ1) is 13.4. The van der Waals surface area contributed by atoms with Crippen LogP contribution in [0.1, 0.15) is 23.2 Å². The Bertz CT molecular complexity index is 433. The van der Waals surface area contributed by atoms with Crippen molar-refractivity contribution in [2.24, 2.45) is 0 Å². The minimum absolute atomic E-state index is 0.0593. The third-order valence-electron chi connectivity index (χ3n) is 2.83. The van der Waals surface area contributed by atoms with Gasteiger partial charge in [0.05, 0.1) is 11.6 Å². The minimum Gasteiger partial charge on any atom is -0.496 e. The average Bonchev–Trinajstić information content (AvgIpc) is 3.18. The molecule has 0 aromatic heterocycles. The largest absolute Gasteiger partial charge is 0.496 e. The van der Waals surface area contributed by atoms with Gasteiger partial charge < -0.3 is 15.4 Å². The lowest BCUT2D eigenvalue weighted by Gasteiger charge is -2.08. The molecule has 1 aromatic rings. The molecule has 1 aliphatic carbocycles. The van der Waals surface area contributed by atoms with Crippen LogP contribution in [-0.4, -0.2) is 32.1 Å². The van der Waals surface area contributed by atoms with Gasteiger partial charge in [0.2, 0.25) is 0 Å². The van der Waals surface area contributed by atoms with Crippen LogP contribution >= 0.6 is 15.9 Å². The van der Waals surface area contributed by atoms with Crippen molar-refractivity contribution < 1.29 is 9.53 Å². The van der Waals surface area contributed by atoms with Gasteiger partial charge in [0, 0.05) is 24.7 Å². The SMILES string of the molecule is COc1ccc(C(=O)NCCNC2CC2)cc1Br. The van der Waals surface area contributed by atoms with Crippen LogP contribution in [0.4, 0.5) is 0 Å². The summed E-state index contributed by atoms with van der Waals surface area (Å²) in [5, 5.41) is 6.23. The molecule has 0 bridgehead atoms. The standard InChI is InChI=1S/C13H17BrN2O2/c1-18-12-5-2-9(8-11(12)14)13(17)16-7-6-15-10-3-4-10/h2,5,8,10,15H,3-4,6-7H2,1H3,(H,16,17). The molecule has 98 valence electrons. The number of rotatable bonds is 6. The van der Waals surface area contributed by atoms with Crippen molar-refractivity contribution in [2.75, 3.05) is 20.2 Å². The van der Waals surface area contributed by atoms with Crippen molar-refractivity contribution in [3.63, 3.8) is 0 Å². The van der Waals surface area contributed by atoms with Crippen LogP contribution in [0.3, 0.4) is 0 Å². The third-order valence-corrected chi connectivity index (χ3v) is 3.45. The van der Waals surface area contributed by atoms with Crippen LogP contribution in [-0.2, 0) is 0 Å². The summed E-state index contributed by atoms with van der Waals surface area (Å²) in [7, 11) is 1.60. The van der Waals surface area contributed by atoms with Crippen LogP contribution in [0.5, 0.6) is 5.75 Å². The van der Waals surface area contributed by atoms with E-state index in [4.69, 9.17) is 4.74 Å². The molecule has 5 heteroatoms. The van der Waals surface area contributed by atoms with Crippen LogP contribution < -0.4 is 15.4 Å². The number of hydrogen-bond donors (Lipinski definition) is 2. The molecular formula is C13H17BrN2O2. The molecule has 1 saturated carbocycles. The molecule has 0 atom stereocenters. The molecule has 2 rings (SSSR count). The van der Waals surface area contributed by atoms with Crippen molar-refractivity contribution in [3.8, 4) is 5.75 Å². The van der Waals surface area contributed by atoms with Gasteiger partial charge in [-0.05, 0) is 47.0 Å². The highest BCUT2D eigenvalue weighted by Gasteiger charge is 2.19. The van der Waals surface area contributed by atoms with Crippen LogP contribution in [0, 0.1) is 0 Å². The summed E-state index contributed by atoms with van der Waals surface area (Å²) < 4.78 is 5.91. The zero-order chi connectivity index (χ0) is 13.0. The molecule has 0 unspecified atom stereocenters. The summed E-state index contributed by atoms with van der Waals surface area (Å²) in [6, 6.07) is 5.98. The Morgan fingerprint density at radius 1 is 1.44 bits per heavy atom. The number of methoxy groups -OCH3 is 1. The Morgan fingerprint density at radius 3 is 2.83 bits per heavy atom. The van der Waals surface area contributed by atoms with Gasteiger partial charge in [-0.25, -0.2) is 0 Å². The van der Waals surface area contributed by atoms with E-state index in [1.165, 1.54) is 12.8 Å². The van der Waals surface area contributed by atoms with Gasteiger partial charge in [-0.2, -0.15) is 0 Å². The second-order valence-corrected chi connectivity index (χ2v) is 5.19. The number of carbonyl (C=O) groups excluding carboxylic acids is 1. The minimum atomic E-state index is -0.0593. The van der Waals surface area contributed by atoms with Gasteiger partial charge in [-0.15, -0.1) is 0 Å². The molecule has 18 heavy (non-hydrogen) atoms. The number of nitrogens with one attached hydrogen (secondary N) is 2. The zero-order valence-corrected chi connectivity index (χ0v) is 11.9. The van der Waals surface area contributed by atoms with Gasteiger partial charge in [0.15, 0.2) is 0 Å². The number of amides is 1. The number of hydrogen-bond acceptors (Lipinski definition) is 3. The second-order valence-electron chi connectivity index (χ2n) is 4.33. The van der Waals surface area contributed by atoms with Crippen molar-refractivity contribution in [3.05, 3.63) is 28.2 Å². The quantitative estimate of drug-likeness (QED) is 0.789. The molecule has 1 aliphatic rings. The summed E-state index contributed by atoms with van der Waals surface area (Å²) in [6.45, 7) is 1.48. The van der Waals surface area contributed by atoms with E-state index in [0.29, 0.717) is 18.2 Å². The molecule has 0 saturated heterocycles. The Morgan fingerprint density at radius 2 is 2.22 bits per heavy atom. The van der Waals surface area contributed by atoms with Gasteiger partial charge >= 0.3 is 0 Å². The molecule has 4 nitrogen and oxygen atoms in total. The second kappa shape index (κ2) is 6.20. The maximum absolute atomic E-state index is 11.9. The average molecular weight is 313 g/mol. The normalized spacial score (nSPS) is 14.3. The van der Waals surface area contributed by atoms with Crippen molar-refractivity contribution in [2.45, 2.75) is 18.9 Å². The van der Waals surface area contributed by atoms with E-state index < -0.39 is 0 Å². The molecule has 0 heterocycles. The first-order valence-corrected chi connectivity index (χ1v) is 6.85. The smallest absolute Gasteiger partial charge is 0.251 e. The van der Waals surface area contributed by atoms with E-state index in [0.717, 1.165) is 16.8 Å². The molecule has 1 aromatic carbocycles. The van der Waals surface area contributed by atoms with E-state index in [1.54, 1.807) is 25.3 Å². The number of ether oxygens (including phenoxy) is 1. The third kappa shape index (κ3) is 3.71. The predicted molar refractivity (Wildman–Crippen MR) is 74.1 cm³/mol. The summed E-state index contributed by atoms with van der Waals surface area (Å²) >= 11 is 3.37. The number of carbonyl (C=O) groups is 1. The molecule has 1 amide bonds.